The highest BCUT2D eigenvalue weighted by Gasteiger charge is 2.27. The van der Waals surface area contributed by atoms with E-state index in [0.29, 0.717) is 30.4 Å². The Labute approximate surface area is 192 Å². The van der Waals surface area contributed by atoms with E-state index in [9.17, 15) is 13.5 Å². The summed E-state index contributed by atoms with van der Waals surface area (Å²) in [5.74, 6) is 0.169. The molecule has 3 rings (SSSR count). The maximum Gasteiger partial charge on any atom is 0.264 e. The Morgan fingerprint density at radius 2 is 1.75 bits per heavy atom. The summed E-state index contributed by atoms with van der Waals surface area (Å²) >= 11 is 0. The molecule has 176 valence electrons. The monoisotopic (exact) mass is 460 g/mol. The molecule has 0 spiro atoms. The zero-order valence-corrected chi connectivity index (χ0v) is 20.4. The molecule has 6 nitrogen and oxygen atoms in total. The van der Waals surface area contributed by atoms with Gasteiger partial charge in [0.15, 0.2) is 0 Å². The Kier molecular flexibility index (Phi) is 8.33. The molecule has 1 atom stereocenters. The second kappa shape index (κ2) is 10.8. The molecule has 32 heavy (non-hydrogen) atoms. The first-order valence-electron chi connectivity index (χ1n) is 11.4. The lowest BCUT2D eigenvalue weighted by molar-refractivity contribution is 0.0724. The number of ether oxygens (including phenoxy) is 1. The second-order valence-electron chi connectivity index (χ2n) is 9.10. The fourth-order valence-corrected chi connectivity index (χ4v) is 5.72. The van der Waals surface area contributed by atoms with Crippen LogP contribution in [0.15, 0.2) is 47.4 Å². The lowest BCUT2D eigenvalue weighted by Crippen LogP contribution is -2.37. The summed E-state index contributed by atoms with van der Waals surface area (Å²) in [5.41, 5.74) is 3.43. The van der Waals surface area contributed by atoms with Crippen molar-refractivity contribution in [1.82, 2.24) is 5.32 Å². The third-order valence-corrected chi connectivity index (χ3v) is 7.62. The van der Waals surface area contributed by atoms with E-state index < -0.39 is 16.1 Å². The van der Waals surface area contributed by atoms with E-state index in [-0.39, 0.29) is 10.8 Å². The first-order chi connectivity index (χ1) is 15.2. The lowest BCUT2D eigenvalue weighted by Gasteiger charge is -2.28. The predicted molar refractivity (Wildman–Crippen MR) is 129 cm³/mol. The van der Waals surface area contributed by atoms with Gasteiger partial charge in [-0.15, -0.1) is 0 Å². The van der Waals surface area contributed by atoms with Crippen molar-refractivity contribution in [3.8, 4) is 0 Å². The average Bonchev–Trinajstić information content (AvgIpc) is 2.77. The molecule has 1 heterocycles. The van der Waals surface area contributed by atoms with Crippen LogP contribution in [0.3, 0.4) is 0 Å². The van der Waals surface area contributed by atoms with E-state index >= 15 is 0 Å². The van der Waals surface area contributed by atoms with Crippen LogP contribution in [0.5, 0.6) is 0 Å². The predicted octanol–water partition coefficient (Wildman–Crippen LogP) is 3.96. The number of aryl methyl sites for hydroxylation is 2. The number of nitrogens with zero attached hydrogens (tertiary/aromatic N) is 1. The van der Waals surface area contributed by atoms with Crippen LogP contribution in [0, 0.1) is 19.8 Å². The van der Waals surface area contributed by atoms with E-state index in [4.69, 9.17) is 4.74 Å². The molecule has 0 bridgehead atoms. The van der Waals surface area contributed by atoms with Gasteiger partial charge in [-0.3, -0.25) is 4.31 Å². The SMILES string of the molecule is Cc1ccc(N(CC(C)C)S(=O)(=O)c2ccc(C(O)CNC3CCOCC3)cc2)c(C)c1. The molecule has 1 aliphatic rings. The van der Waals surface area contributed by atoms with Gasteiger partial charge in [0, 0.05) is 32.3 Å². The number of rotatable bonds is 9. The van der Waals surface area contributed by atoms with Gasteiger partial charge in [-0.25, -0.2) is 8.42 Å². The van der Waals surface area contributed by atoms with Crippen LogP contribution in [0.1, 0.15) is 49.5 Å². The van der Waals surface area contributed by atoms with E-state index in [0.717, 1.165) is 37.2 Å². The van der Waals surface area contributed by atoms with Crippen molar-refractivity contribution in [3.05, 3.63) is 59.2 Å². The third kappa shape index (κ3) is 6.10. The number of aliphatic hydroxyl groups is 1. The summed E-state index contributed by atoms with van der Waals surface area (Å²) in [4.78, 5) is 0.228. The maximum atomic E-state index is 13.6. The van der Waals surface area contributed by atoms with E-state index in [2.05, 4.69) is 5.32 Å². The van der Waals surface area contributed by atoms with E-state index in [1.165, 1.54) is 4.31 Å². The van der Waals surface area contributed by atoms with Crippen LogP contribution < -0.4 is 9.62 Å². The summed E-state index contributed by atoms with van der Waals surface area (Å²) in [6.45, 7) is 10.3. The van der Waals surface area contributed by atoms with Crippen LogP contribution in [-0.2, 0) is 14.8 Å². The quantitative estimate of drug-likeness (QED) is 0.592. The minimum Gasteiger partial charge on any atom is -0.387 e. The summed E-state index contributed by atoms with van der Waals surface area (Å²) in [6, 6.07) is 12.8. The van der Waals surface area contributed by atoms with Gasteiger partial charge >= 0.3 is 0 Å². The zero-order valence-electron chi connectivity index (χ0n) is 19.5. The van der Waals surface area contributed by atoms with Gasteiger partial charge in [-0.05, 0) is 61.9 Å². The van der Waals surface area contributed by atoms with Crippen LogP contribution in [0.25, 0.3) is 0 Å². The van der Waals surface area contributed by atoms with Crippen LogP contribution in [-0.4, -0.2) is 45.9 Å². The number of benzene rings is 2. The van der Waals surface area contributed by atoms with E-state index in [1.54, 1.807) is 24.3 Å². The molecular formula is C25H36N2O4S. The molecular weight excluding hydrogens is 424 g/mol. The van der Waals surface area contributed by atoms with Crippen LogP contribution >= 0.6 is 0 Å². The van der Waals surface area contributed by atoms with Gasteiger partial charge in [0.2, 0.25) is 0 Å². The van der Waals surface area contributed by atoms with Gasteiger partial charge in [0.1, 0.15) is 0 Å². The molecule has 1 fully saturated rings. The molecule has 2 N–H and O–H groups in total. The molecule has 1 saturated heterocycles. The molecule has 7 heteroatoms. The molecule has 1 aliphatic heterocycles. The highest BCUT2D eigenvalue weighted by Crippen LogP contribution is 2.29. The minimum absolute atomic E-state index is 0.169. The van der Waals surface area contributed by atoms with Crippen LogP contribution in [0.4, 0.5) is 5.69 Å². The fourth-order valence-electron chi connectivity index (χ4n) is 4.03. The lowest BCUT2D eigenvalue weighted by atomic mass is 10.1. The number of sulfonamides is 1. The number of aliphatic hydroxyl groups excluding tert-OH is 1. The topological polar surface area (TPSA) is 78.9 Å². The highest BCUT2D eigenvalue weighted by molar-refractivity contribution is 7.92. The summed E-state index contributed by atoms with van der Waals surface area (Å²) in [5, 5.41) is 13.9. The number of hydrogen-bond acceptors (Lipinski definition) is 5. The van der Waals surface area contributed by atoms with Crippen molar-refractivity contribution in [1.29, 1.82) is 0 Å². The molecule has 0 aromatic heterocycles. The van der Waals surface area contributed by atoms with Crippen molar-refractivity contribution in [2.45, 2.75) is 57.6 Å². The highest BCUT2D eigenvalue weighted by atomic mass is 32.2. The smallest absolute Gasteiger partial charge is 0.264 e. The van der Waals surface area contributed by atoms with Gasteiger partial charge < -0.3 is 15.2 Å². The van der Waals surface area contributed by atoms with Crippen LogP contribution in [0.2, 0.25) is 0 Å². The standard InChI is InChI=1S/C25H36N2O4S/c1-18(2)17-27(24-10-5-19(3)15-20(24)4)32(29,30)23-8-6-21(7-9-23)25(28)16-26-22-11-13-31-14-12-22/h5-10,15,18,22,25-26,28H,11-14,16-17H2,1-4H3. The Balaban J connectivity index is 1.78. The Hall–Kier alpha value is -1.93. The largest absolute Gasteiger partial charge is 0.387 e. The Morgan fingerprint density at radius 3 is 2.34 bits per heavy atom. The number of nitrogens with one attached hydrogen (secondary N) is 1. The zero-order chi connectivity index (χ0) is 23.3. The number of anilines is 1. The number of hydrogen-bond donors (Lipinski definition) is 2. The molecule has 0 saturated carbocycles. The molecule has 2 aromatic carbocycles. The average molecular weight is 461 g/mol. The molecule has 0 amide bonds. The third-order valence-electron chi connectivity index (χ3n) is 5.83. The summed E-state index contributed by atoms with van der Waals surface area (Å²) < 4.78 is 34.0. The van der Waals surface area contributed by atoms with Gasteiger partial charge in [-0.2, -0.15) is 0 Å². The summed E-state index contributed by atoms with van der Waals surface area (Å²) in [6.07, 6.45) is 1.18. The Bertz CT molecular complexity index is 984. The first-order valence-corrected chi connectivity index (χ1v) is 12.8. The van der Waals surface area contributed by atoms with Crippen molar-refractivity contribution >= 4 is 15.7 Å². The fraction of sp³-hybridized carbons (Fsp3) is 0.520. The minimum atomic E-state index is -3.73. The van der Waals surface area contributed by atoms with Crippen molar-refractivity contribution < 1.29 is 18.3 Å². The first kappa shape index (κ1) is 24.7. The normalized spacial score (nSPS) is 16.3. The van der Waals surface area contributed by atoms with Gasteiger partial charge in [0.25, 0.3) is 10.0 Å². The van der Waals surface area contributed by atoms with Gasteiger partial charge in [0.05, 0.1) is 16.7 Å². The molecule has 0 radical (unpaired) electrons. The molecule has 2 aromatic rings. The van der Waals surface area contributed by atoms with Crippen molar-refractivity contribution in [2.24, 2.45) is 5.92 Å². The van der Waals surface area contributed by atoms with Crippen molar-refractivity contribution in [2.75, 3.05) is 30.6 Å². The maximum absolute atomic E-state index is 13.6. The van der Waals surface area contributed by atoms with E-state index in [1.807, 2.05) is 45.9 Å². The Morgan fingerprint density at radius 1 is 1.09 bits per heavy atom. The van der Waals surface area contributed by atoms with Gasteiger partial charge in [-0.1, -0.05) is 43.7 Å². The molecule has 0 aliphatic carbocycles. The summed E-state index contributed by atoms with van der Waals surface area (Å²) in [7, 11) is -3.73. The second-order valence-corrected chi connectivity index (χ2v) is 11.0. The molecule has 1 unspecified atom stereocenters. The van der Waals surface area contributed by atoms with Crippen molar-refractivity contribution in [3.63, 3.8) is 0 Å².